The smallest absolute Gasteiger partial charge is 0.329 e. The van der Waals surface area contributed by atoms with Crippen molar-refractivity contribution in [1.82, 2.24) is 14.0 Å². The van der Waals surface area contributed by atoms with Crippen molar-refractivity contribution < 1.29 is 9.53 Å². The lowest BCUT2D eigenvalue weighted by Crippen LogP contribution is -2.55. The molecule has 1 aliphatic carbocycles. The predicted molar refractivity (Wildman–Crippen MR) is 95.6 cm³/mol. The maximum Gasteiger partial charge on any atom is 0.329 e. The van der Waals surface area contributed by atoms with Crippen LogP contribution in [0.4, 0.5) is 0 Å². The molecule has 0 bridgehead atoms. The van der Waals surface area contributed by atoms with Crippen LogP contribution in [0.5, 0.6) is 0 Å². The second-order valence-corrected chi connectivity index (χ2v) is 6.95. The van der Waals surface area contributed by atoms with Gasteiger partial charge in [-0.15, -0.1) is 0 Å². The molecule has 2 heterocycles. The SMILES string of the molecule is CCn1c(=O)n(CC(=O)N2CCO[C@H]3CCCC[C@H]32)c2ccccc21. The number of aryl methyl sites for hydroxylation is 1. The van der Waals surface area contributed by atoms with E-state index in [4.69, 9.17) is 4.74 Å². The minimum absolute atomic E-state index is 0.0290. The maximum absolute atomic E-state index is 13.0. The van der Waals surface area contributed by atoms with Gasteiger partial charge in [0.25, 0.3) is 0 Å². The van der Waals surface area contributed by atoms with Crippen LogP contribution < -0.4 is 5.69 Å². The Morgan fingerprint density at radius 3 is 2.64 bits per heavy atom. The summed E-state index contributed by atoms with van der Waals surface area (Å²) in [5.41, 5.74) is 1.61. The van der Waals surface area contributed by atoms with E-state index < -0.39 is 0 Å². The van der Waals surface area contributed by atoms with E-state index in [1.807, 2.05) is 36.1 Å². The number of benzene rings is 1. The summed E-state index contributed by atoms with van der Waals surface area (Å²) in [6.07, 6.45) is 4.52. The molecular formula is C19H25N3O3. The van der Waals surface area contributed by atoms with E-state index in [0.29, 0.717) is 19.7 Å². The summed E-state index contributed by atoms with van der Waals surface area (Å²) in [5.74, 6) is 0.0290. The van der Waals surface area contributed by atoms with E-state index in [-0.39, 0.29) is 30.3 Å². The highest BCUT2D eigenvalue weighted by atomic mass is 16.5. The number of carbonyl (C=O) groups is 1. The lowest BCUT2D eigenvalue weighted by Gasteiger charge is -2.43. The van der Waals surface area contributed by atoms with Gasteiger partial charge in [0.2, 0.25) is 5.91 Å². The lowest BCUT2D eigenvalue weighted by molar-refractivity contribution is -0.150. The summed E-state index contributed by atoms with van der Waals surface area (Å²) in [6, 6.07) is 7.86. The molecule has 25 heavy (non-hydrogen) atoms. The Hall–Kier alpha value is -2.08. The third-order valence-electron chi connectivity index (χ3n) is 5.59. The molecule has 2 aromatic rings. The van der Waals surface area contributed by atoms with Crippen LogP contribution in [0.15, 0.2) is 29.1 Å². The minimum atomic E-state index is -0.106. The molecule has 0 radical (unpaired) electrons. The number of morpholine rings is 1. The van der Waals surface area contributed by atoms with Gasteiger partial charge in [-0.3, -0.25) is 13.9 Å². The monoisotopic (exact) mass is 343 g/mol. The lowest BCUT2D eigenvalue weighted by atomic mass is 9.90. The van der Waals surface area contributed by atoms with Crippen LogP contribution in [0.3, 0.4) is 0 Å². The number of nitrogens with zero attached hydrogens (tertiary/aromatic N) is 3. The first-order valence-electron chi connectivity index (χ1n) is 9.30. The molecule has 1 saturated heterocycles. The number of hydrogen-bond acceptors (Lipinski definition) is 3. The Bertz CT molecular complexity index is 836. The fraction of sp³-hybridized carbons (Fsp3) is 0.579. The summed E-state index contributed by atoms with van der Waals surface area (Å²) in [4.78, 5) is 27.7. The van der Waals surface area contributed by atoms with Gasteiger partial charge in [0, 0.05) is 13.1 Å². The maximum atomic E-state index is 13.0. The largest absolute Gasteiger partial charge is 0.374 e. The van der Waals surface area contributed by atoms with Gasteiger partial charge in [0.05, 0.1) is 29.8 Å². The average molecular weight is 343 g/mol. The Labute approximate surface area is 147 Å². The second kappa shape index (κ2) is 6.67. The molecule has 1 amide bonds. The molecule has 1 aliphatic heterocycles. The topological polar surface area (TPSA) is 56.5 Å². The summed E-state index contributed by atoms with van der Waals surface area (Å²) in [5, 5.41) is 0. The first kappa shape index (κ1) is 16.4. The molecule has 1 aromatic heterocycles. The highest BCUT2D eigenvalue weighted by Crippen LogP contribution is 2.28. The highest BCUT2D eigenvalue weighted by molar-refractivity contribution is 5.81. The Morgan fingerprint density at radius 1 is 1.16 bits per heavy atom. The van der Waals surface area contributed by atoms with Gasteiger partial charge in [-0.05, 0) is 31.9 Å². The van der Waals surface area contributed by atoms with Gasteiger partial charge in [-0.2, -0.15) is 0 Å². The van der Waals surface area contributed by atoms with E-state index in [1.165, 1.54) is 6.42 Å². The standard InChI is InChI=1S/C19H25N3O3/c1-2-20-14-7-3-4-8-15(14)22(19(20)24)13-18(23)21-11-12-25-17-10-6-5-9-16(17)21/h3-4,7-8,16-17H,2,5-6,9-13H2,1H3/t16-,17+/m1/s1. The fourth-order valence-electron chi connectivity index (χ4n) is 4.36. The van der Waals surface area contributed by atoms with Crippen LogP contribution in [0.25, 0.3) is 11.0 Å². The first-order chi connectivity index (χ1) is 12.2. The number of fused-ring (bicyclic) bond motifs is 2. The van der Waals surface area contributed by atoms with E-state index in [0.717, 1.165) is 30.3 Å². The molecule has 4 rings (SSSR count). The van der Waals surface area contributed by atoms with Crippen molar-refractivity contribution in [3.63, 3.8) is 0 Å². The number of imidazole rings is 1. The third-order valence-corrected chi connectivity index (χ3v) is 5.59. The van der Waals surface area contributed by atoms with E-state index in [1.54, 1.807) is 9.13 Å². The Balaban J connectivity index is 1.64. The van der Waals surface area contributed by atoms with Gasteiger partial charge in [0.15, 0.2) is 0 Å². The first-order valence-corrected chi connectivity index (χ1v) is 9.30. The molecule has 6 heteroatoms. The van der Waals surface area contributed by atoms with Gasteiger partial charge >= 0.3 is 5.69 Å². The van der Waals surface area contributed by atoms with Crippen LogP contribution in [0, 0.1) is 0 Å². The van der Waals surface area contributed by atoms with Crippen LogP contribution in [-0.4, -0.2) is 45.2 Å². The highest BCUT2D eigenvalue weighted by Gasteiger charge is 2.36. The molecular weight excluding hydrogens is 318 g/mol. The summed E-state index contributed by atoms with van der Waals surface area (Å²) >= 11 is 0. The van der Waals surface area contributed by atoms with Crippen molar-refractivity contribution in [2.24, 2.45) is 0 Å². The van der Waals surface area contributed by atoms with Gasteiger partial charge in [-0.25, -0.2) is 4.79 Å². The summed E-state index contributed by atoms with van der Waals surface area (Å²) < 4.78 is 9.21. The number of aromatic nitrogens is 2. The zero-order chi connectivity index (χ0) is 17.4. The molecule has 0 unspecified atom stereocenters. The van der Waals surface area contributed by atoms with Crippen molar-refractivity contribution in [2.45, 2.75) is 57.8 Å². The van der Waals surface area contributed by atoms with Crippen LogP contribution in [-0.2, 0) is 22.6 Å². The molecule has 2 fully saturated rings. The molecule has 134 valence electrons. The number of ether oxygens (including phenoxy) is 1. The number of para-hydroxylation sites is 2. The summed E-state index contributed by atoms with van der Waals surface area (Å²) in [6.45, 7) is 3.88. The minimum Gasteiger partial charge on any atom is -0.374 e. The molecule has 2 atom stereocenters. The second-order valence-electron chi connectivity index (χ2n) is 6.95. The molecule has 0 N–H and O–H groups in total. The van der Waals surface area contributed by atoms with Crippen molar-refractivity contribution in [2.75, 3.05) is 13.2 Å². The van der Waals surface area contributed by atoms with Gasteiger partial charge in [0.1, 0.15) is 6.54 Å². The van der Waals surface area contributed by atoms with Crippen LogP contribution in [0.1, 0.15) is 32.6 Å². The number of rotatable bonds is 3. The van der Waals surface area contributed by atoms with Crippen molar-refractivity contribution >= 4 is 16.9 Å². The van der Waals surface area contributed by atoms with Gasteiger partial charge in [-0.1, -0.05) is 25.0 Å². The normalized spacial score (nSPS) is 23.6. The Morgan fingerprint density at radius 2 is 1.88 bits per heavy atom. The molecule has 0 spiro atoms. The van der Waals surface area contributed by atoms with E-state index >= 15 is 0 Å². The van der Waals surface area contributed by atoms with Crippen LogP contribution in [0.2, 0.25) is 0 Å². The summed E-state index contributed by atoms with van der Waals surface area (Å²) in [7, 11) is 0. The van der Waals surface area contributed by atoms with Gasteiger partial charge < -0.3 is 9.64 Å². The zero-order valence-corrected chi connectivity index (χ0v) is 14.7. The van der Waals surface area contributed by atoms with Crippen LogP contribution >= 0.6 is 0 Å². The van der Waals surface area contributed by atoms with E-state index in [9.17, 15) is 9.59 Å². The van der Waals surface area contributed by atoms with E-state index in [2.05, 4.69) is 0 Å². The Kier molecular flexibility index (Phi) is 4.37. The van der Waals surface area contributed by atoms with Crippen molar-refractivity contribution in [3.05, 3.63) is 34.7 Å². The molecule has 6 nitrogen and oxygen atoms in total. The van der Waals surface area contributed by atoms with Crippen molar-refractivity contribution in [1.29, 1.82) is 0 Å². The molecule has 2 aliphatic rings. The van der Waals surface area contributed by atoms with Crippen molar-refractivity contribution in [3.8, 4) is 0 Å². The predicted octanol–water partition coefficient (Wildman–Crippen LogP) is 1.99. The number of amides is 1. The quantitative estimate of drug-likeness (QED) is 0.856. The zero-order valence-electron chi connectivity index (χ0n) is 14.7. The molecule has 1 saturated carbocycles. The molecule has 1 aromatic carbocycles. The number of hydrogen-bond donors (Lipinski definition) is 0. The third kappa shape index (κ3) is 2.78. The fourth-order valence-corrected chi connectivity index (χ4v) is 4.36. The average Bonchev–Trinajstić information content (AvgIpc) is 2.92. The number of carbonyl (C=O) groups excluding carboxylic acids is 1.